The van der Waals surface area contributed by atoms with E-state index >= 15 is 0 Å². The molecule has 0 radical (unpaired) electrons. The second-order valence-corrected chi connectivity index (χ2v) is 8.31. The highest BCUT2D eigenvalue weighted by atomic mass is 16.5. The first-order valence-corrected chi connectivity index (χ1v) is 11.1. The van der Waals surface area contributed by atoms with Crippen LogP contribution in [0.15, 0.2) is 42.5 Å². The molecule has 1 aliphatic rings. The van der Waals surface area contributed by atoms with E-state index in [1.807, 2.05) is 24.3 Å². The van der Waals surface area contributed by atoms with E-state index in [4.69, 9.17) is 14.2 Å². The lowest BCUT2D eigenvalue weighted by atomic mass is 10.1. The zero-order valence-electron chi connectivity index (χ0n) is 19.9. The lowest BCUT2D eigenvalue weighted by molar-refractivity contribution is -0.117. The number of carbonyl (C=O) groups is 2. The minimum absolute atomic E-state index is 0.191. The Labute approximate surface area is 198 Å². The number of esters is 1. The summed E-state index contributed by atoms with van der Waals surface area (Å²) < 4.78 is 15.5. The maximum atomic E-state index is 13.0. The van der Waals surface area contributed by atoms with Crippen LogP contribution in [0.4, 0.5) is 11.4 Å². The molecule has 9 heteroatoms. The van der Waals surface area contributed by atoms with Crippen LogP contribution in [0.5, 0.6) is 11.5 Å². The number of hydrogen-bond donors (Lipinski definition) is 2. The Morgan fingerprint density at radius 1 is 1.06 bits per heavy atom. The van der Waals surface area contributed by atoms with Gasteiger partial charge >= 0.3 is 5.97 Å². The van der Waals surface area contributed by atoms with Crippen molar-refractivity contribution in [2.75, 3.05) is 57.7 Å². The van der Waals surface area contributed by atoms with Crippen molar-refractivity contribution < 1.29 is 23.8 Å². The van der Waals surface area contributed by atoms with Crippen LogP contribution in [0.1, 0.15) is 17.4 Å². The van der Waals surface area contributed by atoms with Gasteiger partial charge in [0, 0.05) is 48.9 Å². The van der Waals surface area contributed by atoms with Gasteiger partial charge in [-0.25, -0.2) is 4.79 Å². The summed E-state index contributed by atoms with van der Waals surface area (Å²) in [4.78, 5) is 32.8. The Morgan fingerprint density at radius 2 is 1.82 bits per heavy atom. The Hall–Kier alpha value is -3.72. The molecule has 2 aromatic carbocycles. The summed E-state index contributed by atoms with van der Waals surface area (Å²) in [7, 11) is 4.54. The summed E-state index contributed by atoms with van der Waals surface area (Å²) in [6, 6.07) is 13.6. The molecule has 0 aliphatic carbocycles. The van der Waals surface area contributed by atoms with Gasteiger partial charge < -0.3 is 29.4 Å². The van der Waals surface area contributed by atoms with E-state index < -0.39 is 5.97 Å². The molecular weight excluding hydrogens is 436 g/mol. The van der Waals surface area contributed by atoms with Gasteiger partial charge in [0.25, 0.3) is 0 Å². The minimum atomic E-state index is -0.550. The molecule has 1 unspecified atom stereocenters. The molecule has 1 fully saturated rings. The molecule has 1 amide bonds. The van der Waals surface area contributed by atoms with Crippen LogP contribution in [-0.4, -0.2) is 75.3 Å². The third-order valence-electron chi connectivity index (χ3n) is 6.12. The largest absolute Gasteiger partial charge is 0.497 e. The molecule has 1 saturated heterocycles. The second kappa shape index (κ2) is 10.0. The van der Waals surface area contributed by atoms with E-state index in [0.717, 1.165) is 31.1 Å². The molecule has 0 saturated carbocycles. The third kappa shape index (κ3) is 4.79. The summed E-state index contributed by atoms with van der Waals surface area (Å²) in [6.45, 7) is 4.64. The average Bonchev–Trinajstić information content (AvgIpc) is 3.20. The van der Waals surface area contributed by atoms with Crippen molar-refractivity contribution in [1.82, 2.24) is 9.88 Å². The number of carbonyl (C=O) groups excluding carboxylic acids is 2. The van der Waals surface area contributed by atoms with Gasteiger partial charge in [-0.3, -0.25) is 9.69 Å². The SMILES string of the molecule is COC(=O)c1[nH]c2cc(OC)ccc2c1NC(=O)CN1CCN(c2cccc(OC)c2)C(C)C1. The number of methoxy groups -OCH3 is 3. The van der Waals surface area contributed by atoms with E-state index in [2.05, 4.69) is 33.1 Å². The molecular formula is C25H30N4O5. The number of piperazine rings is 1. The topological polar surface area (TPSA) is 96.1 Å². The molecule has 2 heterocycles. The van der Waals surface area contributed by atoms with E-state index in [9.17, 15) is 9.59 Å². The van der Waals surface area contributed by atoms with Crippen LogP contribution in [0.25, 0.3) is 10.9 Å². The number of H-pyrrole nitrogens is 1. The summed E-state index contributed by atoms with van der Waals surface area (Å²) >= 11 is 0. The number of benzene rings is 2. The Morgan fingerprint density at radius 3 is 2.53 bits per heavy atom. The number of aromatic amines is 1. The van der Waals surface area contributed by atoms with Crippen molar-refractivity contribution in [3.8, 4) is 11.5 Å². The number of fused-ring (bicyclic) bond motifs is 1. The number of ether oxygens (including phenoxy) is 3. The van der Waals surface area contributed by atoms with Gasteiger partial charge in [0.15, 0.2) is 0 Å². The number of amides is 1. The second-order valence-electron chi connectivity index (χ2n) is 8.31. The van der Waals surface area contributed by atoms with Crippen molar-refractivity contribution in [2.24, 2.45) is 0 Å². The molecule has 1 aliphatic heterocycles. The standard InChI is InChI=1S/C25H30N4O5/c1-16-14-28(10-11-29(16)17-6-5-7-18(12-17)32-2)15-22(30)27-23-20-9-8-19(33-3)13-21(20)26-24(23)25(31)34-4/h5-9,12-13,16,26H,10-11,14-15H2,1-4H3,(H,27,30). The fraction of sp³-hybridized carbons (Fsp3) is 0.360. The lowest BCUT2D eigenvalue weighted by Crippen LogP contribution is -2.53. The number of anilines is 2. The molecule has 0 spiro atoms. The normalized spacial score (nSPS) is 16.4. The fourth-order valence-corrected chi connectivity index (χ4v) is 4.42. The van der Waals surface area contributed by atoms with Crippen LogP contribution >= 0.6 is 0 Å². The molecule has 1 aromatic heterocycles. The summed E-state index contributed by atoms with van der Waals surface area (Å²) in [5.41, 5.74) is 2.40. The molecule has 34 heavy (non-hydrogen) atoms. The minimum Gasteiger partial charge on any atom is -0.497 e. The van der Waals surface area contributed by atoms with E-state index in [-0.39, 0.29) is 24.2 Å². The summed E-state index contributed by atoms with van der Waals surface area (Å²) in [5, 5.41) is 3.64. The molecule has 4 rings (SSSR count). The van der Waals surface area contributed by atoms with Gasteiger partial charge in [0.05, 0.1) is 39.1 Å². The lowest BCUT2D eigenvalue weighted by Gasteiger charge is -2.41. The quantitative estimate of drug-likeness (QED) is 0.517. The predicted octanol–water partition coefficient (Wildman–Crippen LogP) is 3.12. The first kappa shape index (κ1) is 23.4. The zero-order valence-corrected chi connectivity index (χ0v) is 19.9. The van der Waals surface area contributed by atoms with E-state index in [1.54, 1.807) is 26.4 Å². The van der Waals surface area contributed by atoms with Crippen LogP contribution in [0, 0.1) is 0 Å². The van der Waals surface area contributed by atoms with Gasteiger partial charge in [0.2, 0.25) is 5.91 Å². The van der Waals surface area contributed by atoms with Gasteiger partial charge in [-0.1, -0.05) is 6.07 Å². The highest BCUT2D eigenvalue weighted by Crippen LogP contribution is 2.31. The maximum absolute atomic E-state index is 13.0. The number of hydrogen-bond acceptors (Lipinski definition) is 7. The Balaban J connectivity index is 1.45. The highest BCUT2D eigenvalue weighted by molar-refractivity contribution is 6.11. The fourth-order valence-electron chi connectivity index (χ4n) is 4.42. The number of rotatable bonds is 7. The summed E-state index contributed by atoms with van der Waals surface area (Å²) in [5.74, 6) is 0.727. The average molecular weight is 467 g/mol. The number of nitrogens with zero attached hydrogens (tertiary/aromatic N) is 2. The van der Waals surface area contributed by atoms with Crippen LogP contribution in [0.3, 0.4) is 0 Å². The first-order valence-electron chi connectivity index (χ1n) is 11.1. The van der Waals surface area contributed by atoms with Gasteiger partial charge in [0.1, 0.15) is 17.2 Å². The third-order valence-corrected chi connectivity index (χ3v) is 6.12. The van der Waals surface area contributed by atoms with E-state index in [1.165, 1.54) is 7.11 Å². The zero-order chi connectivity index (χ0) is 24.2. The number of aromatic nitrogens is 1. The molecule has 9 nitrogen and oxygen atoms in total. The van der Waals surface area contributed by atoms with Gasteiger partial charge in [-0.05, 0) is 31.2 Å². The van der Waals surface area contributed by atoms with Crippen molar-refractivity contribution in [1.29, 1.82) is 0 Å². The smallest absolute Gasteiger partial charge is 0.356 e. The van der Waals surface area contributed by atoms with E-state index in [0.29, 0.717) is 22.3 Å². The Bertz CT molecular complexity index is 1190. The van der Waals surface area contributed by atoms with Crippen molar-refractivity contribution >= 4 is 34.2 Å². The Kier molecular flexibility index (Phi) is 6.93. The predicted molar refractivity (Wildman–Crippen MR) is 131 cm³/mol. The first-order chi connectivity index (χ1) is 16.4. The van der Waals surface area contributed by atoms with Crippen LogP contribution in [-0.2, 0) is 9.53 Å². The summed E-state index contributed by atoms with van der Waals surface area (Å²) in [6.07, 6.45) is 0. The maximum Gasteiger partial charge on any atom is 0.356 e. The van der Waals surface area contributed by atoms with Crippen LogP contribution < -0.4 is 19.7 Å². The van der Waals surface area contributed by atoms with Gasteiger partial charge in [-0.15, -0.1) is 0 Å². The number of nitrogens with one attached hydrogen (secondary N) is 2. The van der Waals surface area contributed by atoms with Crippen LogP contribution in [0.2, 0.25) is 0 Å². The van der Waals surface area contributed by atoms with Gasteiger partial charge in [-0.2, -0.15) is 0 Å². The van der Waals surface area contributed by atoms with Crippen molar-refractivity contribution in [3.63, 3.8) is 0 Å². The molecule has 2 N–H and O–H groups in total. The molecule has 180 valence electrons. The monoisotopic (exact) mass is 466 g/mol. The molecule has 3 aromatic rings. The molecule has 1 atom stereocenters. The van der Waals surface area contributed by atoms with Crippen molar-refractivity contribution in [2.45, 2.75) is 13.0 Å². The molecule has 0 bridgehead atoms. The highest BCUT2D eigenvalue weighted by Gasteiger charge is 2.27. The van der Waals surface area contributed by atoms with Crippen molar-refractivity contribution in [3.05, 3.63) is 48.2 Å².